The van der Waals surface area contributed by atoms with Crippen LogP contribution >= 0.6 is 28.1 Å². The van der Waals surface area contributed by atoms with E-state index >= 15 is 0 Å². The highest BCUT2D eigenvalue weighted by Crippen LogP contribution is 2.40. The number of amides is 1. The summed E-state index contributed by atoms with van der Waals surface area (Å²) in [5.74, 6) is -0.547. The van der Waals surface area contributed by atoms with Gasteiger partial charge in [0.15, 0.2) is 0 Å². The second-order valence-electron chi connectivity index (χ2n) is 5.19. The molecular formula is C14H16BrFN2OS. The zero-order valence-corrected chi connectivity index (χ0v) is 13.5. The first-order valence-corrected chi connectivity index (χ1v) is 7.64. The number of aryl methyl sites for hydroxylation is 1. The molecule has 3 N–H and O–H groups in total. The maximum absolute atomic E-state index is 13.4. The molecule has 0 saturated heterocycles. The number of carbonyl (C=O) groups excluding carboxylic acids is 1. The van der Waals surface area contributed by atoms with E-state index in [4.69, 9.17) is 18.0 Å². The summed E-state index contributed by atoms with van der Waals surface area (Å²) in [5.41, 5.74) is 6.26. The summed E-state index contributed by atoms with van der Waals surface area (Å²) >= 11 is 8.21. The predicted octanol–water partition coefficient (Wildman–Crippen LogP) is 3.68. The maximum atomic E-state index is 13.4. The Kier molecular flexibility index (Phi) is 4.44. The van der Waals surface area contributed by atoms with Crippen LogP contribution in [-0.2, 0) is 4.79 Å². The molecule has 0 aliphatic heterocycles. The van der Waals surface area contributed by atoms with Crippen molar-refractivity contribution in [1.29, 1.82) is 0 Å². The molecule has 1 amide bonds. The van der Waals surface area contributed by atoms with Crippen LogP contribution in [0.1, 0.15) is 31.2 Å². The van der Waals surface area contributed by atoms with Crippen molar-refractivity contribution in [2.75, 3.05) is 5.32 Å². The van der Waals surface area contributed by atoms with Crippen molar-refractivity contribution < 1.29 is 9.18 Å². The Balaban J connectivity index is 2.27. The summed E-state index contributed by atoms with van der Waals surface area (Å²) in [5, 5.41) is 2.84. The number of thiocarbonyl (C=S) groups is 1. The number of benzene rings is 1. The predicted molar refractivity (Wildman–Crippen MR) is 85.2 cm³/mol. The van der Waals surface area contributed by atoms with Crippen LogP contribution in [0, 0.1) is 18.2 Å². The van der Waals surface area contributed by atoms with Crippen LogP contribution in [0.2, 0.25) is 0 Å². The smallest absolute Gasteiger partial charge is 0.237 e. The second-order valence-corrected chi connectivity index (χ2v) is 6.48. The van der Waals surface area contributed by atoms with E-state index in [1.165, 1.54) is 6.07 Å². The van der Waals surface area contributed by atoms with E-state index in [1.807, 2.05) is 0 Å². The molecule has 2 rings (SSSR count). The van der Waals surface area contributed by atoms with Crippen LogP contribution in [0.15, 0.2) is 16.6 Å². The lowest BCUT2D eigenvalue weighted by Gasteiger charge is -2.26. The number of nitrogens with one attached hydrogen (secondary N) is 1. The average Bonchev–Trinajstić information content (AvgIpc) is 2.86. The summed E-state index contributed by atoms with van der Waals surface area (Å²) in [6, 6.07) is 2.94. The molecular weight excluding hydrogens is 343 g/mol. The Hall–Kier alpha value is -1.01. The standard InChI is InChI=1S/C14H16BrFN2OS/c1-8-6-10(16)9(15)7-11(8)18-13(19)14(12(17)20)4-2-3-5-14/h6-7H,2-5H2,1H3,(H2,17,20)(H,18,19). The Labute approximate surface area is 131 Å². The lowest BCUT2D eigenvalue weighted by Crippen LogP contribution is -2.44. The fourth-order valence-corrected chi connectivity index (χ4v) is 3.23. The van der Waals surface area contributed by atoms with E-state index < -0.39 is 5.41 Å². The number of halogens is 2. The zero-order chi connectivity index (χ0) is 14.9. The van der Waals surface area contributed by atoms with Gasteiger partial charge in [-0.2, -0.15) is 0 Å². The van der Waals surface area contributed by atoms with Crippen LogP contribution in [-0.4, -0.2) is 10.9 Å². The first kappa shape index (κ1) is 15.4. The minimum atomic E-state index is -0.761. The molecule has 1 aromatic rings. The third-order valence-corrected chi connectivity index (χ3v) is 4.88. The molecule has 1 aliphatic rings. The Morgan fingerprint density at radius 3 is 2.60 bits per heavy atom. The Bertz CT molecular complexity index is 571. The monoisotopic (exact) mass is 358 g/mol. The average molecular weight is 359 g/mol. The fourth-order valence-electron chi connectivity index (χ4n) is 2.59. The molecule has 0 aromatic heterocycles. The third-order valence-electron chi connectivity index (χ3n) is 3.88. The molecule has 1 aliphatic carbocycles. The summed E-state index contributed by atoms with van der Waals surface area (Å²) in [6.45, 7) is 1.74. The van der Waals surface area contributed by atoms with E-state index in [0.717, 1.165) is 12.8 Å². The molecule has 0 heterocycles. The summed E-state index contributed by atoms with van der Waals surface area (Å²) in [7, 11) is 0. The van der Waals surface area contributed by atoms with E-state index in [0.29, 0.717) is 28.6 Å². The van der Waals surface area contributed by atoms with Crippen molar-refractivity contribution in [3.05, 3.63) is 28.0 Å². The number of carbonyl (C=O) groups is 1. The minimum absolute atomic E-state index is 0.191. The molecule has 0 atom stereocenters. The number of anilines is 1. The van der Waals surface area contributed by atoms with Crippen LogP contribution < -0.4 is 11.1 Å². The van der Waals surface area contributed by atoms with Crippen molar-refractivity contribution in [1.82, 2.24) is 0 Å². The molecule has 1 saturated carbocycles. The van der Waals surface area contributed by atoms with Crippen LogP contribution in [0.25, 0.3) is 0 Å². The molecule has 1 fully saturated rings. The van der Waals surface area contributed by atoms with Crippen molar-refractivity contribution in [2.24, 2.45) is 11.1 Å². The van der Waals surface area contributed by atoms with Gasteiger partial charge in [0.2, 0.25) is 5.91 Å². The van der Waals surface area contributed by atoms with Gasteiger partial charge in [0.05, 0.1) is 14.9 Å². The highest BCUT2D eigenvalue weighted by Gasteiger charge is 2.44. The fraction of sp³-hybridized carbons (Fsp3) is 0.429. The molecule has 0 radical (unpaired) electrons. The second kappa shape index (κ2) is 5.77. The van der Waals surface area contributed by atoms with E-state index in [1.54, 1.807) is 13.0 Å². The Morgan fingerprint density at radius 1 is 1.45 bits per heavy atom. The normalized spacial score (nSPS) is 16.9. The molecule has 0 unspecified atom stereocenters. The number of hydrogen-bond acceptors (Lipinski definition) is 2. The van der Waals surface area contributed by atoms with Crippen LogP contribution in [0.4, 0.5) is 10.1 Å². The van der Waals surface area contributed by atoms with Gasteiger partial charge in [-0.3, -0.25) is 4.79 Å². The Morgan fingerprint density at radius 2 is 2.05 bits per heavy atom. The molecule has 3 nitrogen and oxygen atoms in total. The van der Waals surface area contributed by atoms with Gasteiger partial charge < -0.3 is 11.1 Å². The lowest BCUT2D eigenvalue weighted by atomic mass is 9.85. The number of nitrogens with two attached hydrogens (primary N) is 1. The number of hydrogen-bond donors (Lipinski definition) is 2. The van der Waals surface area contributed by atoms with Crippen molar-refractivity contribution in [2.45, 2.75) is 32.6 Å². The van der Waals surface area contributed by atoms with Crippen molar-refractivity contribution in [3.8, 4) is 0 Å². The summed E-state index contributed by atoms with van der Waals surface area (Å²) in [6.07, 6.45) is 3.23. The SMILES string of the molecule is Cc1cc(F)c(Br)cc1NC(=O)C1(C(N)=S)CCCC1. The first-order valence-electron chi connectivity index (χ1n) is 6.44. The largest absolute Gasteiger partial charge is 0.392 e. The van der Waals surface area contributed by atoms with Crippen molar-refractivity contribution in [3.63, 3.8) is 0 Å². The van der Waals surface area contributed by atoms with Gasteiger partial charge in [-0.1, -0.05) is 25.1 Å². The minimum Gasteiger partial charge on any atom is -0.392 e. The van der Waals surface area contributed by atoms with Gasteiger partial charge in [-0.05, 0) is 53.4 Å². The maximum Gasteiger partial charge on any atom is 0.237 e. The van der Waals surface area contributed by atoms with Gasteiger partial charge in [-0.25, -0.2) is 4.39 Å². The third kappa shape index (κ3) is 2.72. The topological polar surface area (TPSA) is 55.1 Å². The van der Waals surface area contributed by atoms with Gasteiger partial charge in [-0.15, -0.1) is 0 Å². The highest BCUT2D eigenvalue weighted by atomic mass is 79.9. The van der Waals surface area contributed by atoms with E-state index in [2.05, 4.69) is 21.2 Å². The quantitative estimate of drug-likeness (QED) is 0.810. The molecule has 108 valence electrons. The lowest BCUT2D eigenvalue weighted by molar-refractivity contribution is -0.122. The van der Waals surface area contributed by atoms with Gasteiger partial charge in [0, 0.05) is 5.69 Å². The molecule has 6 heteroatoms. The van der Waals surface area contributed by atoms with Gasteiger partial charge in [0.25, 0.3) is 0 Å². The van der Waals surface area contributed by atoms with Crippen LogP contribution in [0.5, 0.6) is 0 Å². The zero-order valence-electron chi connectivity index (χ0n) is 11.1. The van der Waals surface area contributed by atoms with Crippen molar-refractivity contribution >= 4 is 44.7 Å². The molecule has 0 spiro atoms. The first-order chi connectivity index (χ1) is 9.36. The summed E-state index contributed by atoms with van der Waals surface area (Å²) < 4.78 is 13.7. The molecule has 1 aromatic carbocycles. The molecule has 20 heavy (non-hydrogen) atoms. The van der Waals surface area contributed by atoms with Crippen LogP contribution in [0.3, 0.4) is 0 Å². The number of rotatable bonds is 3. The van der Waals surface area contributed by atoms with E-state index in [9.17, 15) is 9.18 Å². The van der Waals surface area contributed by atoms with Gasteiger partial charge >= 0.3 is 0 Å². The summed E-state index contributed by atoms with van der Waals surface area (Å²) in [4.78, 5) is 12.8. The molecule has 0 bridgehead atoms. The highest BCUT2D eigenvalue weighted by molar-refractivity contribution is 9.10. The van der Waals surface area contributed by atoms with Gasteiger partial charge in [0.1, 0.15) is 5.82 Å². The van der Waals surface area contributed by atoms with E-state index in [-0.39, 0.29) is 16.7 Å².